The molecule has 0 fully saturated rings. The van der Waals surface area contributed by atoms with Crippen LogP contribution >= 0.6 is 0 Å². The maximum atomic E-state index is 12.0. The molecule has 0 radical (unpaired) electrons. The lowest BCUT2D eigenvalue weighted by Crippen LogP contribution is -2.55. The summed E-state index contributed by atoms with van der Waals surface area (Å²) in [6, 6.07) is -1.02. The van der Waals surface area contributed by atoms with Gasteiger partial charge in [-0.2, -0.15) is 0 Å². The van der Waals surface area contributed by atoms with Crippen LogP contribution < -0.4 is 11.2 Å². The number of carbonyl (C=O) groups excluding carboxylic acids is 2. The number of unbranched alkanes of at least 4 members (excludes halogenated alkanes) is 2. The first-order valence-electron chi connectivity index (χ1n) is 7.44. The maximum Gasteiger partial charge on any atom is 0.331 e. The Morgan fingerprint density at radius 3 is 2.13 bits per heavy atom. The quantitative estimate of drug-likeness (QED) is 0.169. The molecule has 8 N–H and O–H groups in total. The summed E-state index contributed by atoms with van der Waals surface area (Å²) in [5.74, 6) is -0.513. The minimum atomic E-state index is -1.84. The van der Waals surface area contributed by atoms with Crippen LogP contribution in [0, 0.1) is 0 Å². The van der Waals surface area contributed by atoms with Crippen molar-refractivity contribution in [3.05, 3.63) is 0 Å². The Morgan fingerprint density at radius 2 is 1.65 bits per heavy atom. The Bertz CT molecular complexity index is 369. The van der Waals surface area contributed by atoms with E-state index in [0.717, 1.165) is 17.9 Å². The molecule has 0 saturated carbocycles. The van der Waals surface area contributed by atoms with Crippen molar-refractivity contribution in [3.63, 3.8) is 0 Å². The number of amides is 3. The van der Waals surface area contributed by atoms with Crippen molar-refractivity contribution >= 4 is 11.9 Å². The fourth-order valence-corrected chi connectivity index (χ4v) is 1.86. The van der Waals surface area contributed by atoms with Gasteiger partial charge in [0.15, 0.2) is 0 Å². The Labute approximate surface area is 134 Å². The predicted molar refractivity (Wildman–Crippen MR) is 79.7 cm³/mol. The summed E-state index contributed by atoms with van der Waals surface area (Å²) in [7, 11) is 0. The van der Waals surface area contributed by atoms with Crippen molar-refractivity contribution in [1.82, 2.24) is 10.4 Å². The third-order valence-electron chi connectivity index (χ3n) is 3.24. The zero-order valence-electron chi connectivity index (χ0n) is 13.1. The fourth-order valence-electron chi connectivity index (χ4n) is 1.86. The van der Waals surface area contributed by atoms with E-state index < -0.39 is 49.5 Å². The molecule has 0 aliphatic rings. The minimum absolute atomic E-state index is 0.110. The van der Waals surface area contributed by atoms with Gasteiger partial charge in [-0.05, 0) is 6.42 Å². The number of carbonyl (C=O) groups is 2. The zero-order chi connectivity index (χ0) is 18.0. The number of primary amides is 1. The molecule has 0 spiro atoms. The lowest BCUT2D eigenvalue weighted by Gasteiger charge is -2.30. The summed E-state index contributed by atoms with van der Waals surface area (Å²) in [5, 5.41) is 47.8. The molecule has 10 nitrogen and oxygen atoms in total. The van der Waals surface area contributed by atoms with E-state index in [1.54, 1.807) is 0 Å². The Balaban J connectivity index is 4.73. The molecule has 0 aromatic heterocycles. The van der Waals surface area contributed by atoms with Gasteiger partial charge in [0.05, 0.1) is 13.2 Å². The number of urea groups is 1. The van der Waals surface area contributed by atoms with Crippen LogP contribution in [0.25, 0.3) is 0 Å². The zero-order valence-corrected chi connectivity index (χ0v) is 13.1. The molecule has 0 heterocycles. The van der Waals surface area contributed by atoms with Gasteiger partial charge in [-0.1, -0.05) is 19.8 Å². The first-order valence-corrected chi connectivity index (χ1v) is 7.44. The van der Waals surface area contributed by atoms with E-state index in [-0.39, 0.29) is 6.42 Å². The number of aliphatic hydroxyl groups excluding tert-OH is 5. The molecule has 0 rings (SSSR count). The second-order valence-corrected chi connectivity index (χ2v) is 5.24. The normalized spacial score (nSPS) is 16.3. The lowest BCUT2D eigenvalue weighted by atomic mass is 10.0. The number of hydrogen-bond acceptors (Lipinski definition) is 7. The molecular weight excluding hydrogens is 310 g/mol. The molecule has 0 saturated heterocycles. The van der Waals surface area contributed by atoms with Gasteiger partial charge in [0, 0.05) is 6.42 Å². The average molecular weight is 337 g/mol. The molecular formula is C13H27N3O7. The van der Waals surface area contributed by atoms with Crippen molar-refractivity contribution in [2.75, 3.05) is 13.2 Å². The summed E-state index contributed by atoms with van der Waals surface area (Å²) in [6.45, 7) is 0.603. The minimum Gasteiger partial charge on any atom is -0.394 e. The Kier molecular flexibility index (Phi) is 10.4. The van der Waals surface area contributed by atoms with Gasteiger partial charge in [-0.25, -0.2) is 15.2 Å². The van der Waals surface area contributed by atoms with Gasteiger partial charge in [0.2, 0.25) is 5.91 Å². The number of hydrazine groups is 1. The summed E-state index contributed by atoms with van der Waals surface area (Å²) < 4.78 is 0. The lowest BCUT2D eigenvalue weighted by molar-refractivity contribution is -0.142. The topological polar surface area (TPSA) is 177 Å². The molecule has 23 heavy (non-hydrogen) atoms. The van der Waals surface area contributed by atoms with Gasteiger partial charge < -0.3 is 31.3 Å². The van der Waals surface area contributed by atoms with Crippen LogP contribution in [-0.2, 0) is 4.79 Å². The summed E-state index contributed by atoms with van der Waals surface area (Å²) in [5.41, 5.74) is 6.99. The van der Waals surface area contributed by atoms with E-state index in [0.29, 0.717) is 6.42 Å². The highest BCUT2D eigenvalue weighted by Crippen LogP contribution is 2.08. The van der Waals surface area contributed by atoms with Gasteiger partial charge in [0.1, 0.15) is 24.4 Å². The van der Waals surface area contributed by atoms with Crippen LogP contribution in [0.3, 0.4) is 0 Å². The van der Waals surface area contributed by atoms with E-state index in [4.69, 9.17) is 10.8 Å². The van der Waals surface area contributed by atoms with Gasteiger partial charge in [-0.3, -0.25) is 4.79 Å². The predicted octanol–water partition coefficient (Wildman–Crippen LogP) is -2.59. The number of hydrogen-bond donors (Lipinski definition) is 7. The second kappa shape index (κ2) is 11.1. The number of nitrogens with one attached hydrogen (secondary N) is 1. The van der Waals surface area contributed by atoms with E-state index in [1.165, 1.54) is 0 Å². The number of nitrogens with zero attached hydrogens (tertiary/aromatic N) is 1. The van der Waals surface area contributed by atoms with E-state index in [2.05, 4.69) is 0 Å². The molecule has 0 aliphatic heterocycles. The van der Waals surface area contributed by atoms with E-state index >= 15 is 0 Å². The Morgan fingerprint density at radius 1 is 1.09 bits per heavy atom. The summed E-state index contributed by atoms with van der Waals surface area (Å²) >= 11 is 0. The summed E-state index contributed by atoms with van der Waals surface area (Å²) in [4.78, 5) is 22.9. The van der Waals surface area contributed by atoms with Crippen LogP contribution in [0.4, 0.5) is 4.79 Å². The highest BCUT2D eigenvalue weighted by atomic mass is 16.4. The molecule has 10 heteroatoms. The number of aliphatic hydroxyl groups is 5. The highest BCUT2D eigenvalue weighted by Gasteiger charge is 2.32. The third kappa shape index (κ3) is 8.09. The number of nitrogens with two attached hydrogens (primary N) is 1. The fraction of sp³-hybridized carbons (Fsp3) is 0.846. The SMILES string of the molecule is CCCCCC(=O)N(CC(O)C(O)C(O)C(O)CO)NC(N)=O. The van der Waals surface area contributed by atoms with Crippen molar-refractivity contribution in [1.29, 1.82) is 0 Å². The molecule has 4 atom stereocenters. The molecule has 136 valence electrons. The summed E-state index contributed by atoms with van der Waals surface area (Å²) in [6.07, 6.45) is -4.59. The molecule has 4 unspecified atom stereocenters. The monoisotopic (exact) mass is 337 g/mol. The van der Waals surface area contributed by atoms with Crippen molar-refractivity contribution in [3.8, 4) is 0 Å². The molecule has 0 bridgehead atoms. The first-order chi connectivity index (χ1) is 10.7. The van der Waals surface area contributed by atoms with Gasteiger partial charge in [0.25, 0.3) is 0 Å². The maximum absolute atomic E-state index is 12.0. The van der Waals surface area contributed by atoms with Crippen LogP contribution in [-0.4, -0.2) is 80.0 Å². The van der Waals surface area contributed by atoms with Crippen molar-refractivity contribution < 1.29 is 35.1 Å². The van der Waals surface area contributed by atoms with E-state index in [9.17, 15) is 30.0 Å². The average Bonchev–Trinajstić information content (AvgIpc) is 2.51. The molecule has 0 aromatic rings. The smallest absolute Gasteiger partial charge is 0.331 e. The number of rotatable bonds is 10. The van der Waals surface area contributed by atoms with Gasteiger partial charge >= 0.3 is 6.03 Å². The molecule has 3 amide bonds. The van der Waals surface area contributed by atoms with Crippen LogP contribution in [0.5, 0.6) is 0 Å². The van der Waals surface area contributed by atoms with Crippen molar-refractivity contribution in [2.45, 2.75) is 57.0 Å². The third-order valence-corrected chi connectivity index (χ3v) is 3.24. The highest BCUT2D eigenvalue weighted by molar-refractivity contribution is 5.80. The van der Waals surface area contributed by atoms with Crippen molar-refractivity contribution in [2.24, 2.45) is 5.73 Å². The standard InChI is InChI=1S/C13H27N3O7/c1-2-3-4-5-10(20)16(15-13(14)23)6-8(18)11(21)12(22)9(19)7-17/h8-9,11-12,17-19,21-22H,2-7H2,1H3,(H3,14,15,23). The van der Waals surface area contributed by atoms with Crippen LogP contribution in [0.2, 0.25) is 0 Å². The largest absolute Gasteiger partial charge is 0.394 e. The van der Waals surface area contributed by atoms with Crippen LogP contribution in [0.1, 0.15) is 32.6 Å². The Hall–Kier alpha value is -1.46. The van der Waals surface area contributed by atoms with E-state index in [1.807, 2.05) is 12.3 Å². The second-order valence-electron chi connectivity index (χ2n) is 5.24. The van der Waals surface area contributed by atoms with Gasteiger partial charge in [-0.15, -0.1) is 0 Å². The van der Waals surface area contributed by atoms with Crippen LogP contribution in [0.15, 0.2) is 0 Å². The molecule has 0 aliphatic carbocycles. The first kappa shape index (κ1) is 21.5. The molecule has 0 aromatic carbocycles.